The average molecular weight is 291 g/mol. The third-order valence-electron chi connectivity index (χ3n) is 4.03. The average Bonchev–Trinajstić information content (AvgIpc) is 3.16. The molecule has 4 nitrogen and oxygen atoms in total. The van der Waals surface area contributed by atoms with Gasteiger partial charge in [-0.1, -0.05) is 6.42 Å². The summed E-state index contributed by atoms with van der Waals surface area (Å²) in [6, 6.07) is 4.57. The van der Waals surface area contributed by atoms with E-state index >= 15 is 0 Å². The Morgan fingerprint density at radius 2 is 2.35 bits per heavy atom. The number of nitrogens with two attached hydrogens (primary N) is 1. The Morgan fingerprint density at radius 3 is 3.10 bits per heavy atom. The van der Waals surface area contributed by atoms with Gasteiger partial charge in [-0.05, 0) is 44.4 Å². The molecule has 2 heterocycles. The maximum atomic E-state index is 5.86. The Hall–Kier alpha value is -1.17. The molecule has 0 spiro atoms. The highest BCUT2D eigenvalue weighted by Gasteiger charge is 2.25. The maximum absolute atomic E-state index is 5.86. The van der Waals surface area contributed by atoms with Crippen molar-refractivity contribution in [1.82, 2.24) is 10.3 Å². The van der Waals surface area contributed by atoms with Gasteiger partial charge in [0, 0.05) is 11.4 Å². The lowest BCUT2D eigenvalue weighted by molar-refractivity contribution is 0.384. The van der Waals surface area contributed by atoms with Gasteiger partial charge in [0.1, 0.15) is 11.5 Å². The second-order valence-corrected chi connectivity index (χ2v) is 6.49. The van der Waals surface area contributed by atoms with E-state index in [0.717, 1.165) is 35.3 Å². The number of thiazole rings is 1. The first-order valence-electron chi connectivity index (χ1n) is 7.21. The highest BCUT2D eigenvalue weighted by Crippen LogP contribution is 2.26. The summed E-state index contributed by atoms with van der Waals surface area (Å²) in [6.07, 6.45) is 3.75. The van der Waals surface area contributed by atoms with Gasteiger partial charge in [-0.2, -0.15) is 0 Å². The van der Waals surface area contributed by atoms with E-state index in [1.165, 1.54) is 19.3 Å². The zero-order chi connectivity index (χ0) is 13.9. The van der Waals surface area contributed by atoms with Gasteiger partial charge in [0.2, 0.25) is 0 Å². The van der Waals surface area contributed by atoms with E-state index in [1.54, 1.807) is 11.3 Å². The molecular weight excluding hydrogens is 270 g/mol. The van der Waals surface area contributed by atoms with Gasteiger partial charge in [-0.15, -0.1) is 11.3 Å². The van der Waals surface area contributed by atoms with E-state index in [9.17, 15) is 0 Å². The summed E-state index contributed by atoms with van der Waals surface area (Å²) in [5.41, 5.74) is 6.74. The van der Waals surface area contributed by atoms with Crippen molar-refractivity contribution >= 4 is 11.3 Å². The Morgan fingerprint density at radius 1 is 1.45 bits per heavy atom. The van der Waals surface area contributed by atoms with E-state index in [2.05, 4.69) is 10.3 Å². The summed E-state index contributed by atoms with van der Waals surface area (Å²) >= 11 is 1.64. The molecule has 0 aromatic carbocycles. The standard InChI is InChI=1S/C15H21N3OS/c1-10-18-14(9-20-10)15-6-5-12(19-15)8-17-13-4-2-3-11(13)7-16/h5-6,9,11,13,17H,2-4,7-8,16H2,1H3/t11-,13+/m0/s1. The molecule has 1 saturated carbocycles. The molecule has 0 bridgehead atoms. The van der Waals surface area contributed by atoms with E-state index < -0.39 is 0 Å². The molecule has 2 aromatic rings. The molecule has 3 N–H and O–H groups in total. The van der Waals surface area contributed by atoms with E-state index in [0.29, 0.717) is 12.0 Å². The fraction of sp³-hybridized carbons (Fsp3) is 0.533. The second-order valence-electron chi connectivity index (χ2n) is 5.43. The van der Waals surface area contributed by atoms with Crippen molar-refractivity contribution in [3.63, 3.8) is 0 Å². The van der Waals surface area contributed by atoms with Crippen LogP contribution in [0.25, 0.3) is 11.5 Å². The van der Waals surface area contributed by atoms with Gasteiger partial charge in [0.25, 0.3) is 0 Å². The van der Waals surface area contributed by atoms with Crippen molar-refractivity contribution in [2.24, 2.45) is 11.7 Å². The lowest BCUT2D eigenvalue weighted by Gasteiger charge is -2.18. The van der Waals surface area contributed by atoms with Crippen LogP contribution in [-0.2, 0) is 6.54 Å². The summed E-state index contributed by atoms with van der Waals surface area (Å²) in [6.45, 7) is 3.55. The van der Waals surface area contributed by atoms with Crippen LogP contribution in [0.5, 0.6) is 0 Å². The van der Waals surface area contributed by atoms with E-state index in [1.807, 2.05) is 24.4 Å². The van der Waals surface area contributed by atoms with Crippen LogP contribution in [0.15, 0.2) is 21.9 Å². The Balaban J connectivity index is 1.60. The van der Waals surface area contributed by atoms with Crippen LogP contribution in [0.1, 0.15) is 30.0 Å². The minimum Gasteiger partial charge on any atom is -0.458 e. The lowest BCUT2D eigenvalue weighted by atomic mass is 10.0. The molecule has 0 radical (unpaired) electrons. The number of aromatic nitrogens is 1. The number of aryl methyl sites for hydroxylation is 1. The van der Waals surface area contributed by atoms with Gasteiger partial charge in [0.15, 0.2) is 5.76 Å². The minimum atomic E-state index is 0.537. The van der Waals surface area contributed by atoms with Crippen molar-refractivity contribution in [3.05, 3.63) is 28.3 Å². The summed E-state index contributed by atoms with van der Waals surface area (Å²) in [5.74, 6) is 2.44. The Labute approximate surface area is 123 Å². The third kappa shape index (κ3) is 2.95. The van der Waals surface area contributed by atoms with E-state index in [4.69, 9.17) is 10.2 Å². The molecular formula is C15H21N3OS. The number of furan rings is 1. The van der Waals surface area contributed by atoms with Crippen LogP contribution in [0.3, 0.4) is 0 Å². The normalized spacial score (nSPS) is 22.5. The Kier molecular flexibility index (Phi) is 4.19. The number of rotatable bonds is 5. The molecule has 3 rings (SSSR count). The first kappa shape index (κ1) is 13.8. The number of nitrogens with one attached hydrogen (secondary N) is 1. The van der Waals surface area contributed by atoms with Crippen LogP contribution >= 0.6 is 11.3 Å². The fourth-order valence-corrected chi connectivity index (χ4v) is 3.51. The van der Waals surface area contributed by atoms with Crippen molar-refractivity contribution in [3.8, 4) is 11.5 Å². The zero-order valence-corrected chi connectivity index (χ0v) is 12.6. The molecule has 108 valence electrons. The molecule has 1 fully saturated rings. The SMILES string of the molecule is Cc1nc(-c2ccc(CN[C@@H]3CCC[C@H]3CN)o2)cs1. The second kappa shape index (κ2) is 6.08. The molecule has 2 aromatic heterocycles. The molecule has 20 heavy (non-hydrogen) atoms. The molecule has 2 atom stereocenters. The van der Waals surface area contributed by atoms with Gasteiger partial charge in [-0.25, -0.2) is 4.98 Å². The van der Waals surface area contributed by atoms with Crippen LogP contribution in [-0.4, -0.2) is 17.6 Å². The minimum absolute atomic E-state index is 0.537. The first-order chi connectivity index (χ1) is 9.76. The van der Waals surface area contributed by atoms with Crippen LogP contribution < -0.4 is 11.1 Å². The summed E-state index contributed by atoms with van der Waals surface area (Å²) in [7, 11) is 0. The first-order valence-corrected chi connectivity index (χ1v) is 8.09. The monoisotopic (exact) mass is 291 g/mol. The molecule has 0 amide bonds. The predicted molar refractivity (Wildman–Crippen MR) is 81.6 cm³/mol. The van der Waals surface area contributed by atoms with Gasteiger partial charge in [-0.3, -0.25) is 0 Å². The number of hydrogen-bond acceptors (Lipinski definition) is 5. The van der Waals surface area contributed by atoms with Crippen molar-refractivity contribution < 1.29 is 4.42 Å². The fourth-order valence-electron chi connectivity index (χ4n) is 2.91. The van der Waals surface area contributed by atoms with Crippen molar-refractivity contribution in [1.29, 1.82) is 0 Å². The predicted octanol–water partition coefficient (Wildman–Crippen LogP) is 2.93. The summed E-state index contributed by atoms with van der Waals surface area (Å²) < 4.78 is 5.86. The Bertz CT molecular complexity index is 563. The largest absolute Gasteiger partial charge is 0.458 e. The highest BCUT2D eigenvalue weighted by atomic mass is 32.1. The number of hydrogen-bond donors (Lipinski definition) is 2. The van der Waals surface area contributed by atoms with E-state index in [-0.39, 0.29) is 0 Å². The summed E-state index contributed by atoms with van der Waals surface area (Å²) in [4.78, 5) is 4.44. The van der Waals surface area contributed by atoms with Gasteiger partial charge in [0.05, 0.1) is 11.6 Å². The lowest BCUT2D eigenvalue weighted by Crippen LogP contribution is -2.35. The van der Waals surface area contributed by atoms with Crippen molar-refractivity contribution in [2.45, 2.75) is 38.8 Å². The molecule has 1 aliphatic rings. The molecule has 0 saturated heterocycles. The van der Waals surface area contributed by atoms with Crippen LogP contribution in [0.2, 0.25) is 0 Å². The topological polar surface area (TPSA) is 64.1 Å². The number of nitrogens with zero attached hydrogens (tertiary/aromatic N) is 1. The van der Waals surface area contributed by atoms with Crippen molar-refractivity contribution in [2.75, 3.05) is 6.54 Å². The smallest absolute Gasteiger partial charge is 0.153 e. The van der Waals surface area contributed by atoms with Gasteiger partial charge < -0.3 is 15.5 Å². The third-order valence-corrected chi connectivity index (χ3v) is 4.81. The molecule has 0 aliphatic heterocycles. The highest BCUT2D eigenvalue weighted by molar-refractivity contribution is 7.09. The molecule has 1 aliphatic carbocycles. The molecule has 5 heteroatoms. The zero-order valence-electron chi connectivity index (χ0n) is 11.8. The van der Waals surface area contributed by atoms with Gasteiger partial charge >= 0.3 is 0 Å². The molecule has 0 unspecified atom stereocenters. The van der Waals surface area contributed by atoms with Crippen LogP contribution in [0.4, 0.5) is 0 Å². The summed E-state index contributed by atoms with van der Waals surface area (Å²) in [5, 5.41) is 6.67. The maximum Gasteiger partial charge on any atom is 0.153 e. The van der Waals surface area contributed by atoms with Crippen LogP contribution in [0, 0.1) is 12.8 Å². The quantitative estimate of drug-likeness (QED) is 0.889.